The molecule has 1 aromatic heterocycles. The summed E-state index contributed by atoms with van der Waals surface area (Å²) < 4.78 is 4.95. The number of H-pyrrole nitrogens is 2. The third-order valence-corrected chi connectivity index (χ3v) is 2.39. The first kappa shape index (κ1) is 12.6. The number of rotatable bonds is 3. The first-order valence-corrected chi connectivity index (χ1v) is 5.34. The van der Waals surface area contributed by atoms with Crippen LogP contribution in [0.15, 0.2) is 39.0 Å². The summed E-state index contributed by atoms with van der Waals surface area (Å²) >= 11 is 0. The molecule has 0 saturated heterocycles. The van der Waals surface area contributed by atoms with Crippen molar-refractivity contribution in [3.63, 3.8) is 0 Å². The van der Waals surface area contributed by atoms with Crippen molar-refractivity contribution >= 4 is 11.9 Å². The van der Waals surface area contributed by atoms with Crippen LogP contribution in [-0.4, -0.2) is 28.4 Å². The van der Waals surface area contributed by atoms with E-state index in [-0.39, 0.29) is 11.4 Å². The quantitative estimate of drug-likeness (QED) is 0.700. The normalized spacial score (nSPS) is 10.8. The highest BCUT2D eigenvalue weighted by Gasteiger charge is 2.05. The van der Waals surface area contributed by atoms with Gasteiger partial charge in [0.15, 0.2) is 11.5 Å². The minimum Gasteiger partial charge on any atom is -0.504 e. The van der Waals surface area contributed by atoms with Crippen LogP contribution in [0.3, 0.4) is 0 Å². The second kappa shape index (κ2) is 5.21. The Morgan fingerprint density at radius 1 is 1.37 bits per heavy atom. The molecule has 0 spiro atoms. The molecule has 0 fully saturated rings. The summed E-state index contributed by atoms with van der Waals surface area (Å²) in [5.74, 6) is 0.230. The lowest BCUT2D eigenvalue weighted by molar-refractivity contribution is 0.373. The Balaban J connectivity index is 2.38. The molecule has 2 rings (SSSR count). The van der Waals surface area contributed by atoms with E-state index in [1.165, 1.54) is 19.5 Å². The highest BCUT2D eigenvalue weighted by atomic mass is 16.5. The number of aromatic amines is 2. The van der Waals surface area contributed by atoms with E-state index >= 15 is 0 Å². The lowest BCUT2D eigenvalue weighted by Crippen LogP contribution is -2.20. The number of aromatic nitrogens is 2. The van der Waals surface area contributed by atoms with E-state index in [4.69, 9.17) is 4.74 Å². The van der Waals surface area contributed by atoms with E-state index in [0.717, 1.165) is 0 Å². The molecule has 2 aromatic rings. The number of para-hydroxylation sites is 1. The van der Waals surface area contributed by atoms with Gasteiger partial charge in [0.25, 0.3) is 5.56 Å². The second-order valence-corrected chi connectivity index (χ2v) is 3.61. The van der Waals surface area contributed by atoms with Crippen molar-refractivity contribution in [2.75, 3.05) is 7.11 Å². The van der Waals surface area contributed by atoms with Crippen molar-refractivity contribution in [3.05, 3.63) is 50.8 Å². The molecule has 0 aliphatic carbocycles. The van der Waals surface area contributed by atoms with Crippen molar-refractivity contribution in [2.24, 2.45) is 4.99 Å². The highest BCUT2D eigenvalue weighted by Crippen LogP contribution is 2.28. The van der Waals surface area contributed by atoms with Crippen molar-refractivity contribution in [2.45, 2.75) is 0 Å². The first-order valence-electron chi connectivity index (χ1n) is 5.34. The van der Waals surface area contributed by atoms with E-state index in [1.807, 2.05) is 4.98 Å². The predicted octanol–water partition coefficient (Wildman–Crippen LogP) is 0.528. The Morgan fingerprint density at radius 3 is 2.84 bits per heavy atom. The van der Waals surface area contributed by atoms with E-state index in [2.05, 4.69) is 9.98 Å². The first-order chi connectivity index (χ1) is 9.11. The number of benzene rings is 1. The lowest BCUT2D eigenvalue weighted by atomic mass is 10.2. The maximum absolute atomic E-state index is 11.4. The van der Waals surface area contributed by atoms with Gasteiger partial charge in [-0.15, -0.1) is 0 Å². The number of nitrogens with zero attached hydrogens (tertiary/aromatic N) is 1. The minimum atomic E-state index is -0.609. The number of ether oxygens (including phenoxy) is 1. The van der Waals surface area contributed by atoms with Crippen LogP contribution in [0.5, 0.6) is 11.5 Å². The van der Waals surface area contributed by atoms with Crippen LogP contribution >= 0.6 is 0 Å². The van der Waals surface area contributed by atoms with Crippen LogP contribution in [0.2, 0.25) is 0 Å². The number of phenolic OH excluding ortho intramolecular Hbond substituents is 1. The van der Waals surface area contributed by atoms with Gasteiger partial charge in [-0.05, 0) is 12.1 Å². The molecular formula is C12H11N3O4. The molecule has 0 amide bonds. The van der Waals surface area contributed by atoms with Crippen molar-refractivity contribution in [1.29, 1.82) is 0 Å². The zero-order valence-electron chi connectivity index (χ0n) is 10.0. The summed E-state index contributed by atoms with van der Waals surface area (Å²) in [5, 5.41) is 9.82. The summed E-state index contributed by atoms with van der Waals surface area (Å²) in [7, 11) is 1.43. The Hall–Kier alpha value is -2.83. The van der Waals surface area contributed by atoms with Gasteiger partial charge in [-0.1, -0.05) is 6.07 Å². The van der Waals surface area contributed by atoms with E-state index in [1.54, 1.807) is 18.2 Å². The van der Waals surface area contributed by atoms with Crippen molar-refractivity contribution < 1.29 is 9.84 Å². The molecule has 1 heterocycles. The van der Waals surface area contributed by atoms with Gasteiger partial charge in [0.05, 0.1) is 7.11 Å². The number of phenols is 1. The second-order valence-electron chi connectivity index (χ2n) is 3.61. The molecule has 7 nitrogen and oxygen atoms in total. The van der Waals surface area contributed by atoms with Gasteiger partial charge in [-0.3, -0.25) is 9.78 Å². The van der Waals surface area contributed by atoms with Gasteiger partial charge in [0.1, 0.15) is 5.69 Å². The summed E-state index contributed by atoms with van der Waals surface area (Å²) in [6.45, 7) is 0. The predicted molar refractivity (Wildman–Crippen MR) is 69.6 cm³/mol. The minimum absolute atomic E-state index is 0.0295. The van der Waals surface area contributed by atoms with Gasteiger partial charge in [0.2, 0.25) is 0 Å². The van der Waals surface area contributed by atoms with Crippen LogP contribution in [0.1, 0.15) is 5.56 Å². The van der Waals surface area contributed by atoms with Crippen LogP contribution in [0.4, 0.5) is 5.69 Å². The molecule has 3 N–H and O–H groups in total. The topological polar surface area (TPSA) is 108 Å². The average Bonchev–Trinajstić information content (AvgIpc) is 2.39. The zero-order valence-corrected chi connectivity index (χ0v) is 10.0. The number of methoxy groups -OCH3 is 1. The standard InChI is InChI=1S/C12H11N3O4/c1-19-9-4-2-3-7(10(9)16)5-13-8-6-14-12(18)15-11(8)17/h2-6,16H,1H3,(H2,14,15,17,18)/b13-5+. The Morgan fingerprint density at radius 2 is 2.16 bits per heavy atom. The number of hydrogen-bond acceptors (Lipinski definition) is 5. The summed E-state index contributed by atoms with van der Waals surface area (Å²) in [4.78, 5) is 30.5. The zero-order chi connectivity index (χ0) is 13.8. The molecular weight excluding hydrogens is 250 g/mol. The molecule has 0 bridgehead atoms. The fourth-order valence-electron chi connectivity index (χ4n) is 1.45. The van der Waals surface area contributed by atoms with E-state index < -0.39 is 11.2 Å². The van der Waals surface area contributed by atoms with E-state index in [0.29, 0.717) is 11.3 Å². The molecule has 98 valence electrons. The summed E-state index contributed by atoms with van der Waals surface area (Å²) in [6, 6.07) is 4.89. The molecule has 19 heavy (non-hydrogen) atoms. The smallest absolute Gasteiger partial charge is 0.325 e. The number of aromatic hydroxyl groups is 1. The summed E-state index contributed by atoms with van der Waals surface area (Å²) in [6.07, 6.45) is 2.50. The third-order valence-electron chi connectivity index (χ3n) is 2.39. The van der Waals surface area contributed by atoms with Crippen molar-refractivity contribution in [1.82, 2.24) is 9.97 Å². The number of aliphatic imine (C=N–C) groups is 1. The van der Waals surface area contributed by atoms with Gasteiger partial charge in [-0.2, -0.15) is 0 Å². The largest absolute Gasteiger partial charge is 0.504 e. The van der Waals surface area contributed by atoms with Gasteiger partial charge < -0.3 is 14.8 Å². The maximum Gasteiger partial charge on any atom is 0.325 e. The molecule has 7 heteroatoms. The fourth-order valence-corrected chi connectivity index (χ4v) is 1.45. The SMILES string of the molecule is COc1cccc(/C=N/c2c[nH]c(=O)[nH]c2=O)c1O. The number of nitrogens with one attached hydrogen (secondary N) is 2. The van der Waals surface area contributed by atoms with E-state index in [9.17, 15) is 14.7 Å². The monoisotopic (exact) mass is 261 g/mol. The van der Waals surface area contributed by atoms with Crippen LogP contribution < -0.4 is 16.0 Å². The molecule has 0 saturated carbocycles. The molecule has 0 aliphatic rings. The van der Waals surface area contributed by atoms with Gasteiger partial charge >= 0.3 is 5.69 Å². The molecule has 0 radical (unpaired) electrons. The Labute approximate surface area is 107 Å². The average molecular weight is 261 g/mol. The Kier molecular flexibility index (Phi) is 3.46. The van der Waals surface area contributed by atoms with Gasteiger partial charge in [0, 0.05) is 18.0 Å². The summed E-state index contributed by atoms with van der Waals surface area (Å²) in [5.41, 5.74) is -0.790. The van der Waals surface area contributed by atoms with Crippen LogP contribution in [0, 0.1) is 0 Å². The van der Waals surface area contributed by atoms with Crippen LogP contribution in [0.25, 0.3) is 0 Å². The molecule has 0 aliphatic heterocycles. The van der Waals surface area contributed by atoms with Crippen LogP contribution in [-0.2, 0) is 0 Å². The fraction of sp³-hybridized carbons (Fsp3) is 0.0833. The Bertz CT molecular complexity index is 730. The maximum atomic E-state index is 11.4. The molecule has 0 atom stereocenters. The third kappa shape index (κ3) is 2.71. The highest BCUT2D eigenvalue weighted by molar-refractivity contribution is 5.86. The lowest BCUT2D eigenvalue weighted by Gasteiger charge is -2.04. The van der Waals surface area contributed by atoms with Gasteiger partial charge in [-0.25, -0.2) is 9.79 Å². The van der Waals surface area contributed by atoms with Crippen molar-refractivity contribution in [3.8, 4) is 11.5 Å². The molecule has 1 aromatic carbocycles. The number of hydrogen-bond donors (Lipinski definition) is 3. The molecule has 0 unspecified atom stereocenters.